The second-order valence-electron chi connectivity index (χ2n) is 4.85. The molecule has 2 aromatic rings. The minimum absolute atomic E-state index is 0.0586. The first-order valence-corrected chi connectivity index (χ1v) is 6.38. The first-order chi connectivity index (χ1) is 9.44. The van der Waals surface area contributed by atoms with Crippen LogP contribution in [0.15, 0.2) is 12.4 Å². The number of rotatable bonds is 4. The van der Waals surface area contributed by atoms with Gasteiger partial charge in [-0.1, -0.05) is 0 Å². The highest BCUT2D eigenvalue weighted by atomic mass is 16.2. The average molecular weight is 277 g/mol. The molecule has 2 aromatic heterocycles. The quantitative estimate of drug-likeness (QED) is 0.866. The number of carbonyl (C=O) groups excluding carboxylic acids is 1. The summed E-state index contributed by atoms with van der Waals surface area (Å²) in [7, 11) is 1.74. The fraction of sp³-hybridized carbons (Fsp3) is 0.500. The molecule has 8 nitrogen and oxygen atoms in total. The van der Waals surface area contributed by atoms with Crippen LogP contribution in [0.4, 0.5) is 10.7 Å². The molecule has 1 unspecified atom stereocenters. The van der Waals surface area contributed by atoms with E-state index in [9.17, 15) is 4.79 Å². The maximum Gasteiger partial charge on any atom is 0.321 e. The van der Waals surface area contributed by atoms with Gasteiger partial charge in [0.25, 0.3) is 0 Å². The number of aryl methyl sites for hydroxylation is 3. The largest absolute Gasteiger partial charge is 0.333 e. The lowest BCUT2D eigenvalue weighted by Gasteiger charge is -2.14. The molecule has 0 saturated heterocycles. The van der Waals surface area contributed by atoms with Crippen molar-refractivity contribution in [3.05, 3.63) is 23.8 Å². The van der Waals surface area contributed by atoms with Crippen molar-refractivity contribution in [2.24, 2.45) is 7.05 Å². The maximum atomic E-state index is 11.8. The van der Waals surface area contributed by atoms with Gasteiger partial charge in [-0.25, -0.2) is 9.78 Å². The van der Waals surface area contributed by atoms with Crippen molar-refractivity contribution in [3.63, 3.8) is 0 Å². The summed E-state index contributed by atoms with van der Waals surface area (Å²) in [5, 5.41) is 13.7. The van der Waals surface area contributed by atoms with E-state index in [2.05, 4.69) is 25.8 Å². The van der Waals surface area contributed by atoms with Crippen molar-refractivity contribution in [3.8, 4) is 0 Å². The van der Waals surface area contributed by atoms with Gasteiger partial charge in [0, 0.05) is 18.8 Å². The van der Waals surface area contributed by atoms with E-state index in [-0.39, 0.29) is 18.0 Å². The van der Waals surface area contributed by atoms with Crippen LogP contribution in [0.1, 0.15) is 18.3 Å². The Morgan fingerprint density at radius 2 is 2.15 bits per heavy atom. The second kappa shape index (κ2) is 5.72. The van der Waals surface area contributed by atoms with Gasteiger partial charge in [0.2, 0.25) is 5.95 Å². The molecule has 1 atom stereocenters. The lowest BCUT2D eigenvalue weighted by Crippen LogP contribution is -2.39. The third kappa shape index (κ3) is 3.56. The monoisotopic (exact) mass is 277 g/mol. The molecule has 0 saturated carbocycles. The summed E-state index contributed by atoms with van der Waals surface area (Å²) >= 11 is 0. The van der Waals surface area contributed by atoms with Gasteiger partial charge in [-0.3, -0.25) is 14.7 Å². The zero-order valence-electron chi connectivity index (χ0n) is 12.1. The Bertz CT molecular complexity index is 601. The lowest BCUT2D eigenvalue weighted by atomic mass is 10.3. The van der Waals surface area contributed by atoms with Gasteiger partial charge in [-0.2, -0.15) is 5.10 Å². The van der Waals surface area contributed by atoms with Crippen molar-refractivity contribution in [1.82, 2.24) is 29.9 Å². The van der Waals surface area contributed by atoms with Gasteiger partial charge in [0.15, 0.2) is 0 Å². The van der Waals surface area contributed by atoms with Crippen molar-refractivity contribution in [1.29, 1.82) is 0 Å². The van der Waals surface area contributed by atoms with Gasteiger partial charge in [0.05, 0.1) is 12.2 Å². The standard InChI is InChI=1S/C12H19N7O/c1-8-5-10(3)19(16-8)6-9(2)14-12(20)15-11-13-7-18(4)17-11/h5,7,9H,6H2,1-4H3,(H2,14,15,17,20). The minimum atomic E-state index is -0.328. The summed E-state index contributed by atoms with van der Waals surface area (Å²) in [5.74, 6) is 0.281. The molecule has 2 amide bonds. The van der Waals surface area contributed by atoms with Crippen molar-refractivity contribution < 1.29 is 4.79 Å². The SMILES string of the molecule is Cc1cc(C)n(CC(C)NC(=O)Nc2ncn(C)n2)n1. The minimum Gasteiger partial charge on any atom is -0.333 e. The Labute approximate surface area is 117 Å². The van der Waals surface area contributed by atoms with E-state index in [0.29, 0.717) is 6.54 Å². The van der Waals surface area contributed by atoms with Crippen molar-refractivity contribution >= 4 is 12.0 Å². The normalized spacial score (nSPS) is 12.2. The fourth-order valence-electron chi connectivity index (χ4n) is 1.92. The Morgan fingerprint density at radius 3 is 2.70 bits per heavy atom. The Balaban J connectivity index is 1.86. The molecule has 0 bridgehead atoms. The van der Waals surface area contributed by atoms with E-state index in [4.69, 9.17) is 0 Å². The van der Waals surface area contributed by atoms with Crippen LogP contribution in [0.2, 0.25) is 0 Å². The first-order valence-electron chi connectivity index (χ1n) is 6.38. The molecule has 8 heteroatoms. The number of hydrogen-bond donors (Lipinski definition) is 2. The van der Waals surface area contributed by atoms with Crippen LogP contribution in [0.3, 0.4) is 0 Å². The van der Waals surface area contributed by atoms with E-state index in [1.807, 2.05) is 31.5 Å². The fourth-order valence-corrected chi connectivity index (χ4v) is 1.92. The molecule has 0 spiro atoms. The van der Waals surface area contributed by atoms with Gasteiger partial charge >= 0.3 is 6.03 Å². The number of carbonyl (C=O) groups is 1. The Morgan fingerprint density at radius 1 is 1.40 bits per heavy atom. The molecule has 108 valence electrons. The highest BCUT2D eigenvalue weighted by Crippen LogP contribution is 2.03. The summed E-state index contributed by atoms with van der Waals surface area (Å²) < 4.78 is 3.40. The number of anilines is 1. The zero-order chi connectivity index (χ0) is 14.7. The number of nitrogens with one attached hydrogen (secondary N) is 2. The number of nitrogens with zero attached hydrogens (tertiary/aromatic N) is 5. The van der Waals surface area contributed by atoms with Crippen LogP contribution in [0, 0.1) is 13.8 Å². The Hall–Kier alpha value is -2.38. The highest BCUT2D eigenvalue weighted by molar-refractivity contribution is 5.87. The first kappa shape index (κ1) is 14.0. The second-order valence-corrected chi connectivity index (χ2v) is 4.85. The smallest absolute Gasteiger partial charge is 0.321 e. The third-order valence-electron chi connectivity index (χ3n) is 2.75. The summed E-state index contributed by atoms with van der Waals surface area (Å²) in [5.41, 5.74) is 2.04. The van der Waals surface area contributed by atoms with E-state index in [0.717, 1.165) is 11.4 Å². The van der Waals surface area contributed by atoms with E-state index in [1.165, 1.54) is 11.0 Å². The predicted molar refractivity (Wildman–Crippen MR) is 74.3 cm³/mol. The van der Waals surface area contributed by atoms with Crippen molar-refractivity contribution in [2.45, 2.75) is 33.4 Å². The lowest BCUT2D eigenvalue weighted by molar-refractivity contribution is 0.247. The number of urea groups is 1. The molecule has 0 fully saturated rings. The van der Waals surface area contributed by atoms with E-state index in [1.54, 1.807) is 7.05 Å². The molecule has 0 aliphatic rings. The Kier molecular flexibility index (Phi) is 4.02. The molecular weight excluding hydrogens is 258 g/mol. The van der Waals surface area contributed by atoms with Gasteiger partial charge in [-0.05, 0) is 26.8 Å². The predicted octanol–water partition coefficient (Wildman–Crippen LogP) is 0.839. The molecule has 2 N–H and O–H groups in total. The summed E-state index contributed by atoms with van der Waals surface area (Å²) in [4.78, 5) is 15.7. The van der Waals surface area contributed by atoms with Crippen LogP contribution in [0.5, 0.6) is 0 Å². The molecule has 2 rings (SSSR count). The highest BCUT2D eigenvalue weighted by Gasteiger charge is 2.11. The molecule has 0 radical (unpaired) electrons. The van der Waals surface area contributed by atoms with E-state index >= 15 is 0 Å². The van der Waals surface area contributed by atoms with Crippen LogP contribution in [-0.4, -0.2) is 36.6 Å². The molecule has 2 heterocycles. The van der Waals surface area contributed by atoms with Crippen LogP contribution in [-0.2, 0) is 13.6 Å². The summed E-state index contributed by atoms with van der Waals surface area (Å²) in [6, 6.07) is 1.62. The zero-order valence-corrected chi connectivity index (χ0v) is 12.1. The molecule has 20 heavy (non-hydrogen) atoms. The molecule has 0 aromatic carbocycles. The van der Waals surface area contributed by atoms with Crippen LogP contribution >= 0.6 is 0 Å². The van der Waals surface area contributed by atoms with Gasteiger partial charge in [-0.15, -0.1) is 5.10 Å². The van der Waals surface area contributed by atoms with Crippen LogP contribution in [0.25, 0.3) is 0 Å². The number of aromatic nitrogens is 5. The average Bonchev–Trinajstić information content (AvgIpc) is 2.85. The number of hydrogen-bond acceptors (Lipinski definition) is 4. The third-order valence-corrected chi connectivity index (χ3v) is 2.75. The summed E-state index contributed by atoms with van der Waals surface area (Å²) in [6.07, 6.45) is 1.52. The topological polar surface area (TPSA) is 89.7 Å². The maximum absolute atomic E-state index is 11.8. The molecule has 0 aliphatic carbocycles. The van der Waals surface area contributed by atoms with E-state index < -0.39 is 0 Å². The summed E-state index contributed by atoms with van der Waals surface area (Å²) in [6.45, 7) is 6.47. The van der Waals surface area contributed by atoms with Crippen molar-refractivity contribution in [2.75, 3.05) is 5.32 Å². The number of amides is 2. The van der Waals surface area contributed by atoms with Gasteiger partial charge in [0.1, 0.15) is 6.33 Å². The molecule has 0 aliphatic heterocycles. The van der Waals surface area contributed by atoms with Gasteiger partial charge < -0.3 is 5.32 Å². The molecular formula is C12H19N7O. The van der Waals surface area contributed by atoms with Crippen LogP contribution < -0.4 is 10.6 Å².